The first-order valence-electron chi connectivity index (χ1n) is 10.00. The number of nitrogens with one attached hydrogen (secondary N) is 1. The minimum Gasteiger partial charge on any atom is -0.464 e. The Labute approximate surface area is 162 Å². The predicted octanol–water partition coefficient (Wildman–Crippen LogP) is 3.46. The third kappa shape index (κ3) is 5.11. The zero-order valence-electron chi connectivity index (χ0n) is 17.0. The van der Waals surface area contributed by atoms with Crippen molar-refractivity contribution in [3.63, 3.8) is 0 Å². The lowest BCUT2D eigenvalue weighted by Gasteiger charge is -2.35. The smallest absolute Gasteiger partial charge is 0.224 e. The standard InChI is InChI=1S/C22H32N2O3/c1-15(2)9-19(24-5-7-26-8-6-24)13-23-22(25)12-18-14-27-21-11-17(4)16(3)10-20(18)21/h10-11,14-15,19H,5-9,12-13H2,1-4H3,(H,23,25). The molecule has 27 heavy (non-hydrogen) atoms. The van der Waals surface area contributed by atoms with Gasteiger partial charge in [0.1, 0.15) is 5.58 Å². The molecule has 0 aliphatic carbocycles. The molecule has 1 unspecified atom stereocenters. The maximum Gasteiger partial charge on any atom is 0.224 e. The minimum absolute atomic E-state index is 0.0537. The molecule has 1 saturated heterocycles. The fraction of sp³-hybridized carbons (Fsp3) is 0.591. The monoisotopic (exact) mass is 372 g/mol. The van der Waals surface area contributed by atoms with Crippen molar-refractivity contribution in [1.29, 1.82) is 0 Å². The van der Waals surface area contributed by atoms with Crippen LogP contribution in [0.2, 0.25) is 0 Å². The van der Waals surface area contributed by atoms with Crippen LogP contribution in [0, 0.1) is 19.8 Å². The Kier molecular flexibility index (Phi) is 6.55. The normalized spacial score (nSPS) is 16.8. The second kappa shape index (κ2) is 8.89. The van der Waals surface area contributed by atoms with E-state index in [-0.39, 0.29) is 5.91 Å². The summed E-state index contributed by atoms with van der Waals surface area (Å²) in [6.45, 7) is 12.8. The predicted molar refractivity (Wildman–Crippen MR) is 108 cm³/mol. The minimum atomic E-state index is 0.0537. The van der Waals surface area contributed by atoms with Crippen LogP contribution in [-0.4, -0.2) is 49.7 Å². The Balaban J connectivity index is 1.61. The van der Waals surface area contributed by atoms with E-state index < -0.39 is 0 Å². The van der Waals surface area contributed by atoms with Crippen molar-refractivity contribution in [2.24, 2.45) is 5.92 Å². The van der Waals surface area contributed by atoms with Gasteiger partial charge in [-0.15, -0.1) is 0 Å². The topological polar surface area (TPSA) is 54.7 Å². The molecule has 148 valence electrons. The van der Waals surface area contributed by atoms with E-state index in [1.165, 1.54) is 11.1 Å². The molecule has 1 aliphatic heterocycles. The van der Waals surface area contributed by atoms with Crippen LogP contribution in [0.15, 0.2) is 22.8 Å². The molecule has 5 nitrogen and oxygen atoms in total. The van der Waals surface area contributed by atoms with Crippen molar-refractivity contribution >= 4 is 16.9 Å². The maximum absolute atomic E-state index is 12.6. The number of nitrogens with zero attached hydrogens (tertiary/aromatic N) is 1. The lowest BCUT2D eigenvalue weighted by atomic mass is 10.0. The van der Waals surface area contributed by atoms with Gasteiger partial charge < -0.3 is 14.5 Å². The van der Waals surface area contributed by atoms with E-state index in [1.807, 2.05) is 6.07 Å². The number of benzene rings is 1. The van der Waals surface area contributed by atoms with Gasteiger partial charge in [0.25, 0.3) is 0 Å². The van der Waals surface area contributed by atoms with Crippen LogP contribution in [0.25, 0.3) is 11.0 Å². The number of carbonyl (C=O) groups is 1. The van der Waals surface area contributed by atoms with Crippen LogP contribution in [0.3, 0.4) is 0 Å². The van der Waals surface area contributed by atoms with Crippen LogP contribution >= 0.6 is 0 Å². The molecule has 2 aromatic rings. The molecule has 1 aromatic carbocycles. The van der Waals surface area contributed by atoms with E-state index in [2.05, 4.69) is 44.0 Å². The molecule has 2 heterocycles. The van der Waals surface area contributed by atoms with Crippen LogP contribution in [0.4, 0.5) is 0 Å². The molecule has 1 atom stereocenters. The molecule has 1 aliphatic rings. The summed E-state index contributed by atoms with van der Waals surface area (Å²) in [7, 11) is 0. The molecular weight excluding hydrogens is 340 g/mol. The third-order valence-corrected chi connectivity index (χ3v) is 5.46. The average Bonchev–Trinajstić information content (AvgIpc) is 3.01. The molecule has 5 heteroatoms. The van der Waals surface area contributed by atoms with Gasteiger partial charge in [-0.3, -0.25) is 9.69 Å². The number of fused-ring (bicyclic) bond motifs is 1. The van der Waals surface area contributed by atoms with Gasteiger partial charge in [0.15, 0.2) is 0 Å². The van der Waals surface area contributed by atoms with Crippen molar-refractivity contribution in [1.82, 2.24) is 10.2 Å². The van der Waals surface area contributed by atoms with Crippen LogP contribution in [0.1, 0.15) is 37.0 Å². The van der Waals surface area contributed by atoms with Gasteiger partial charge in [-0.25, -0.2) is 0 Å². The van der Waals surface area contributed by atoms with E-state index in [1.54, 1.807) is 6.26 Å². The van der Waals surface area contributed by atoms with Gasteiger partial charge in [0.05, 0.1) is 25.9 Å². The highest BCUT2D eigenvalue weighted by Gasteiger charge is 2.22. The van der Waals surface area contributed by atoms with Crippen molar-refractivity contribution in [3.8, 4) is 0 Å². The molecule has 3 rings (SSSR count). The fourth-order valence-electron chi connectivity index (χ4n) is 3.79. The third-order valence-electron chi connectivity index (χ3n) is 5.46. The molecule has 1 N–H and O–H groups in total. The summed E-state index contributed by atoms with van der Waals surface area (Å²) in [5.74, 6) is 0.650. The number of hydrogen-bond acceptors (Lipinski definition) is 4. The summed E-state index contributed by atoms with van der Waals surface area (Å²) in [5.41, 5.74) is 4.23. The second-order valence-electron chi connectivity index (χ2n) is 8.11. The summed E-state index contributed by atoms with van der Waals surface area (Å²) < 4.78 is 11.1. The number of carbonyl (C=O) groups excluding carboxylic acids is 1. The summed E-state index contributed by atoms with van der Waals surface area (Å²) in [6.07, 6.45) is 3.15. The zero-order chi connectivity index (χ0) is 19.4. The van der Waals surface area contributed by atoms with Crippen LogP contribution in [-0.2, 0) is 16.0 Å². The highest BCUT2D eigenvalue weighted by Crippen LogP contribution is 2.25. The molecule has 1 fully saturated rings. The number of furan rings is 1. The van der Waals surface area contributed by atoms with E-state index >= 15 is 0 Å². The number of amides is 1. The quantitative estimate of drug-likeness (QED) is 0.809. The molecule has 0 saturated carbocycles. The Bertz CT molecular complexity index is 775. The first kappa shape index (κ1) is 19.9. The highest BCUT2D eigenvalue weighted by molar-refractivity contribution is 5.88. The first-order chi connectivity index (χ1) is 12.9. The Morgan fingerprint density at radius 2 is 1.89 bits per heavy atom. The lowest BCUT2D eigenvalue weighted by molar-refractivity contribution is -0.120. The van der Waals surface area contributed by atoms with E-state index in [0.717, 1.165) is 49.3 Å². The lowest BCUT2D eigenvalue weighted by Crippen LogP contribution is -2.49. The molecule has 1 amide bonds. The van der Waals surface area contributed by atoms with E-state index in [0.29, 0.717) is 24.9 Å². The van der Waals surface area contributed by atoms with E-state index in [4.69, 9.17) is 9.15 Å². The first-order valence-corrected chi connectivity index (χ1v) is 10.00. The van der Waals surface area contributed by atoms with Crippen LogP contribution in [0.5, 0.6) is 0 Å². The SMILES string of the molecule is Cc1cc2occ(CC(=O)NCC(CC(C)C)N3CCOCC3)c2cc1C. The molecule has 0 spiro atoms. The molecular formula is C22H32N2O3. The van der Waals surface area contributed by atoms with Crippen molar-refractivity contribution in [2.45, 2.75) is 46.6 Å². The highest BCUT2D eigenvalue weighted by atomic mass is 16.5. The van der Waals surface area contributed by atoms with Crippen molar-refractivity contribution in [2.75, 3.05) is 32.8 Å². The van der Waals surface area contributed by atoms with Crippen molar-refractivity contribution in [3.05, 3.63) is 35.1 Å². The number of morpholine rings is 1. The van der Waals surface area contributed by atoms with Gasteiger partial charge in [0.2, 0.25) is 5.91 Å². The number of rotatable bonds is 7. The van der Waals surface area contributed by atoms with Gasteiger partial charge in [-0.2, -0.15) is 0 Å². The summed E-state index contributed by atoms with van der Waals surface area (Å²) >= 11 is 0. The zero-order valence-corrected chi connectivity index (χ0v) is 17.0. The Hall–Kier alpha value is -1.85. The fourth-order valence-corrected chi connectivity index (χ4v) is 3.79. The van der Waals surface area contributed by atoms with Crippen LogP contribution < -0.4 is 5.32 Å². The van der Waals surface area contributed by atoms with Crippen molar-refractivity contribution < 1.29 is 13.9 Å². The maximum atomic E-state index is 12.6. The number of aryl methyl sites for hydroxylation is 2. The molecule has 0 bridgehead atoms. The largest absolute Gasteiger partial charge is 0.464 e. The Morgan fingerprint density at radius 1 is 1.19 bits per heavy atom. The molecule has 1 aromatic heterocycles. The van der Waals surface area contributed by atoms with E-state index in [9.17, 15) is 4.79 Å². The molecule has 0 radical (unpaired) electrons. The van der Waals surface area contributed by atoms with Gasteiger partial charge >= 0.3 is 0 Å². The van der Waals surface area contributed by atoms with Gasteiger partial charge in [-0.05, 0) is 49.4 Å². The van der Waals surface area contributed by atoms with Gasteiger partial charge in [0, 0.05) is 36.6 Å². The summed E-state index contributed by atoms with van der Waals surface area (Å²) in [4.78, 5) is 15.0. The number of hydrogen-bond donors (Lipinski definition) is 1. The Morgan fingerprint density at radius 3 is 2.59 bits per heavy atom. The average molecular weight is 373 g/mol. The summed E-state index contributed by atoms with van der Waals surface area (Å²) in [5, 5.41) is 4.19. The van der Waals surface area contributed by atoms with Gasteiger partial charge in [-0.1, -0.05) is 13.8 Å². The number of ether oxygens (including phenoxy) is 1. The summed E-state index contributed by atoms with van der Waals surface area (Å²) in [6, 6.07) is 4.53. The second-order valence-corrected chi connectivity index (χ2v) is 8.11.